The normalized spacial score (nSPS) is 11.1. The van der Waals surface area contributed by atoms with Crippen molar-refractivity contribution < 1.29 is 14.7 Å². The molecule has 0 aliphatic heterocycles. The molecule has 0 radical (unpaired) electrons. The lowest BCUT2D eigenvalue weighted by atomic mass is 10.2. The van der Waals surface area contributed by atoms with Gasteiger partial charge >= 0.3 is 0 Å². The van der Waals surface area contributed by atoms with Crippen LogP contribution in [0.2, 0.25) is 0 Å². The highest BCUT2D eigenvalue weighted by molar-refractivity contribution is 5.97. The number of carbonyl (C=O) groups is 1. The Kier molecular flexibility index (Phi) is 6.21. The van der Waals surface area contributed by atoms with Gasteiger partial charge in [-0.2, -0.15) is 0 Å². The molecular formula is C13H19N3O3. The highest BCUT2D eigenvalue weighted by Crippen LogP contribution is 2.12. The van der Waals surface area contributed by atoms with E-state index in [-0.39, 0.29) is 18.3 Å². The fourth-order valence-corrected chi connectivity index (χ4v) is 1.35. The van der Waals surface area contributed by atoms with E-state index >= 15 is 0 Å². The summed E-state index contributed by atoms with van der Waals surface area (Å²) in [6.07, 6.45) is 2.08. The molecule has 0 unspecified atom stereocenters. The number of rotatable bonds is 7. The molecular weight excluding hydrogens is 246 g/mol. The van der Waals surface area contributed by atoms with Gasteiger partial charge in [-0.25, -0.2) is 0 Å². The standard InChI is InChI=1S/C13H19N3O3/c1-2-3-8-19-11-6-4-10(5-7-11)13(17)15-9-12(14)16-18/h4-7,18H,2-3,8-9H2,1H3,(H2,14,16)(H,15,17). The molecule has 6 heteroatoms. The maximum atomic E-state index is 11.7. The van der Waals surface area contributed by atoms with Gasteiger partial charge < -0.3 is 21.0 Å². The van der Waals surface area contributed by atoms with E-state index in [4.69, 9.17) is 15.7 Å². The second-order valence-corrected chi connectivity index (χ2v) is 4.00. The van der Waals surface area contributed by atoms with Crippen LogP contribution in [0.4, 0.5) is 0 Å². The van der Waals surface area contributed by atoms with Gasteiger partial charge in [0.2, 0.25) is 0 Å². The summed E-state index contributed by atoms with van der Waals surface area (Å²) in [5.41, 5.74) is 5.75. The van der Waals surface area contributed by atoms with E-state index in [2.05, 4.69) is 17.4 Å². The van der Waals surface area contributed by atoms with Gasteiger partial charge in [0.1, 0.15) is 5.75 Å². The molecule has 0 spiro atoms. The van der Waals surface area contributed by atoms with Crippen molar-refractivity contribution in [1.82, 2.24) is 5.32 Å². The van der Waals surface area contributed by atoms with Gasteiger partial charge in [0.05, 0.1) is 13.2 Å². The van der Waals surface area contributed by atoms with Crippen molar-refractivity contribution >= 4 is 11.7 Å². The average Bonchev–Trinajstić information content (AvgIpc) is 2.45. The Balaban J connectivity index is 2.48. The molecule has 104 valence electrons. The number of benzene rings is 1. The van der Waals surface area contributed by atoms with Gasteiger partial charge in [-0.1, -0.05) is 18.5 Å². The molecule has 1 aromatic rings. The zero-order valence-electron chi connectivity index (χ0n) is 10.9. The van der Waals surface area contributed by atoms with E-state index in [1.54, 1.807) is 24.3 Å². The first-order valence-electron chi connectivity index (χ1n) is 6.14. The van der Waals surface area contributed by atoms with Gasteiger partial charge in [-0.3, -0.25) is 4.79 Å². The average molecular weight is 265 g/mol. The largest absolute Gasteiger partial charge is 0.494 e. The predicted molar refractivity (Wildman–Crippen MR) is 72.6 cm³/mol. The Morgan fingerprint density at radius 2 is 2.11 bits per heavy atom. The van der Waals surface area contributed by atoms with Crippen LogP contribution in [0.5, 0.6) is 5.75 Å². The van der Waals surface area contributed by atoms with Crippen molar-refractivity contribution in [1.29, 1.82) is 0 Å². The number of oxime groups is 1. The monoisotopic (exact) mass is 265 g/mol. The first kappa shape index (κ1) is 14.8. The molecule has 0 aliphatic carbocycles. The fraction of sp³-hybridized carbons (Fsp3) is 0.385. The Morgan fingerprint density at radius 3 is 2.68 bits per heavy atom. The van der Waals surface area contributed by atoms with Crippen molar-refractivity contribution in [3.8, 4) is 5.75 Å². The van der Waals surface area contributed by atoms with Gasteiger partial charge in [-0.05, 0) is 30.7 Å². The quantitative estimate of drug-likeness (QED) is 0.228. The zero-order valence-corrected chi connectivity index (χ0v) is 10.9. The van der Waals surface area contributed by atoms with Gasteiger partial charge in [-0.15, -0.1) is 0 Å². The topological polar surface area (TPSA) is 96.9 Å². The summed E-state index contributed by atoms with van der Waals surface area (Å²) >= 11 is 0. The van der Waals surface area contributed by atoms with Crippen LogP contribution >= 0.6 is 0 Å². The minimum atomic E-state index is -0.285. The summed E-state index contributed by atoms with van der Waals surface area (Å²) in [6, 6.07) is 6.83. The lowest BCUT2D eigenvalue weighted by molar-refractivity contribution is 0.0959. The molecule has 0 saturated carbocycles. The number of amidine groups is 1. The van der Waals surface area contributed by atoms with Crippen LogP contribution in [0, 0.1) is 0 Å². The van der Waals surface area contributed by atoms with Crippen LogP contribution in [-0.4, -0.2) is 30.1 Å². The Bertz CT molecular complexity index is 429. The molecule has 0 aliphatic rings. The Morgan fingerprint density at radius 1 is 1.42 bits per heavy atom. The summed E-state index contributed by atoms with van der Waals surface area (Å²) in [5.74, 6) is 0.404. The Hall–Kier alpha value is -2.24. The Labute approximate surface area is 112 Å². The minimum absolute atomic E-state index is 0.00405. The molecule has 0 fully saturated rings. The van der Waals surface area contributed by atoms with E-state index < -0.39 is 0 Å². The molecule has 19 heavy (non-hydrogen) atoms. The van der Waals surface area contributed by atoms with E-state index in [1.165, 1.54) is 0 Å². The molecule has 6 nitrogen and oxygen atoms in total. The van der Waals surface area contributed by atoms with Crippen molar-refractivity contribution in [2.45, 2.75) is 19.8 Å². The summed E-state index contributed by atoms with van der Waals surface area (Å²) < 4.78 is 5.49. The second-order valence-electron chi connectivity index (χ2n) is 4.00. The number of carbonyl (C=O) groups excluding carboxylic acids is 1. The highest BCUT2D eigenvalue weighted by atomic mass is 16.5. The summed E-state index contributed by atoms with van der Waals surface area (Å²) in [7, 11) is 0. The first-order valence-corrected chi connectivity index (χ1v) is 6.14. The van der Waals surface area contributed by atoms with Crippen molar-refractivity contribution in [2.75, 3.05) is 13.2 Å². The van der Waals surface area contributed by atoms with Crippen LogP contribution in [0.25, 0.3) is 0 Å². The van der Waals surface area contributed by atoms with Crippen LogP contribution in [0.3, 0.4) is 0 Å². The molecule has 1 rings (SSSR count). The predicted octanol–water partition coefficient (Wildman–Crippen LogP) is 1.34. The third kappa shape index (κ3) is 5.29. The zero-order chi connectivity index (χ0) is 14.1. The van der Waals surface area contributed by atoms with Crippen molar-refractivity contribution in [3.05, 3.63) is 29.8 Å². The highest BCUT2D eigenvalue weighted by Gasteiger charge is 2.05. The van der Waals surface area contributed by atoms with Crippen LogP contribution in [0.1, 0.15) is 30.1 Å². The molecule has 1 aromatic carbocycles. The van der Waals surface area contributed by atoms with Crippen molar-refractivity contribution in [3.63, 3.8) is 0 Å². The number of nitrogens with one attached hydrogen (secondary N) is 1. The fourth-order valence-electron chi connectivity index (χ4n) is 1.35. The SMILES string of the molecule is CCCCOc1ccc(C(=O)NC/C(N)=N/O)cc1. The van der Waals surface area contributed by atoms with Gasteiger partial charge in [0.25, 0.3) is 5.91 Å². The number of nitrogens with two attached hydrogens (primary N) is 1. The van der Waals surface area contributed by atoms with E-state index in [1.807, 2.05) is 0 Å². The second kappa shape index (κ2) is 7.97. The van der Waals surface area contributed by atoms with Crippen molar-refractivity contribution in [2.24, 2.45) is 10.9 Å². The third-order valence-electron chi connectivity index (χ3n) is 2.44. The number of amides is 1. The molecule has 0 heterocycles. The maximum absolute atomic E-state index is 11.7. The van der Waals surface area contributed by atoms with E-state index in [0.29, 0.717) is 12.2 Å². The molecule has 0 atom stereocenters. The number of hydrogen-bond acceptors (Lipinski definition) is 4. The lowest BCUT2D eigenvalue weighted by Gasteiger charge is -2.07. The summed E-state index contributed by atoms with van der Waals surface area (Å²) in [6.45, 7) is 2.77. The maximum Gasteiger partial charge on any atom is 0.251 e. The first-order chi connectivity index (χ1) is 9.17. The molecule has 1 amide bonds. The number of unbranched alkanes of at least 4 members (excludes halogenated alkanes) is 1. The number of hydrogen-bond donors (Lipinski definition) is 3. The smallest absolute Gasteiger partial charge is 0.251 e. The van der Waals surface area contributed by atoms with E-state index in [9.17, 15) is 4.79 Å². The summed E-state index contributed by atoms with van der Waals surface area (Å²) in [5, 5.41) is 13.6. The van der Waals surface area contributed by atoms with Gasteiger partial charge in [0.15, 0.2) is 5.84 Å². The van der Waals surface area contributed by atoms with Crippen LogP contribution in [0.15, 0.2) is 29.4 Å². The van der Waals surface area contributed by atoms with Gasteiger partial charge in [0, 0.05) is 5.56 Å². The molecule has 4 N–H and O–H groups in total. The molecule has 0 bridgehead atoms. The third-order valence-corrected chi connectivity index (χ3v) is 2.44. The number of nitrogens with zero attached hydrogens (tertiary/aromatic N) is 1. The number of ether oxygens (including phenoxy) is 1. The van der Waals surface area contributed by atoms with Crippen LogP contribution in [-0.2, 0) is 0 Å². The van der Waals surface area contributed by atoms with E-state index in [0.717, 1.165) is 18.6 Å². The molecule has 0 aromatic heterocycles. The molecule has 0 saturated heterocycles. The summed E-state index contributed by atoms with van der Waals surface area (Å²) in [4.78, 5) is 11.7. The minimum Gasteiger partial charge on any atom is -0.494 e. The van der Waals surface area contributed by atoms with Crippen LogP contribution < -0.4 is 15.8 Å². The lowest BCUT2D eigenvalue weighted by Crippen LogP contribution is -2.33.